The van der Waals surface area contributed by atoms with Gasteiger partial charge in [-0.2, -0.15) is 0 Å². The molecule has 10 unspecified atom stereocenters. The molecule has 4 saturated carbocycles. The van der Waals surface area contributed by atoms with Crippen molar-refractivity contribution in [3.8, 4) is 0 Å². The Labute approximate surface area is 154 Å². The summed E-state index contributed by atoms with van der Waals surface area (Å²) in [5.74, 6) is -1.09. The van der Waals surface area contributed by atoms with Gasteiger partial charge in [0, 0.05) is 16.7 Å². The maximum Gasteiger partial charge on any atom is 0.110 e. The Morgan fingerprint density at radius 2 is 1.42 bits per heavy atom. The van der Waals surface area contributed by atoms with Gasteiger partial charge in [-0.3, -0.25) is 0 Å². The van der Waals surface area contributed by atoms with E-state index in [0.717, 1.165) is 6.42 Å². The van der Waals surface area contributed by atoms with Crippen molar-refractivity contribution in [2.24, 2.45) is 28.6 Å². The molecule has 0 aromatic heterocycles. The van der Waals surface area contributed by atoms with Crippen molar-refractivity contribution in [2.45, 2.75) is 94.9 Å². The van der Waals surface area contributed by atoms with Crippen LogP contribution in [0.1, 0.15) is 59.8 Å². The van der Waals surface area contributed by atoms with E-state index in [1.165, 1.54) is 0 Å². The van der Waals surface area contributed by atoms with E-state index in [9.17, 15) is 30.6 Å². The van der Waals surface area contributed by atoms with E-state index in [0.29, 0.717) is 19.3 Å². The molecular formula is C20H34O6. The predicted octanol–water partition coefficient (Wildman–Crippen LogP) is 0.168. The first kappa shape index (κ1) is 19.1. The molecule has 2 bridgehead atoms. The number of hydrogen-bond acceptors (Lipinski definition) is 6. The summed E-state index contributed by atoms with van der Waals surface area (Å²) in [5, 5.41) is 67.3. The number of aliphatic hydroxyl groups excluding tert-OH is 3. The van der Waals surface area contributed by atoms with Crippen molar-refractivity contribution in [3.05, 3.63) is 0 Å². The van der Waals surface area contributed by atoms with Gasteiger partial charge >= 0.3 is 0 Å². The molecular weight excluding hydrogens is 336 g/mol. The minimum atomic E-state index is -1.81. The summed E-state index contributed by atoms with van der Waals surface area (Å²) in [6.07, 6.45) is -1.27. The van der Waals surface area contributed by atoms with Gasteiger partial charge in [0.2, 0.25) is 0 Å². The van der Waals surface area contributed by atoms with Gasteiger partial charge in [-0.1, -0.05) is 13.8 Å². The quantitative estimate of drug-likeness (QED) is 0.361. The van der Waals surface area contributed by atoms with Gasteiger partial charge in [-0.25, -0.2) is 0 Å². The second-order valence-corrected chi connectivity index (χ2v) is 10.8. The Bertz CT molecular complexity index is 615. The molecule has 0 aliphatic heterocycles. The molecule has 26 heavy (non-hydrogen) atoms. The number of fused-ring (bicyclic) bond motifs is 2. The van der Waals surface area contributed by atoms with E-state index in [1.807, 2.05) is 0 Å². The zero-order valence-corrected chi connectivity index (χ0v) is 16.2. The molecule has 0 amide bonds. The van der Waals surface area contributed by atoms with Crippen LogP contribution in [0.2, 0.25) is 0 Å². The topological polar surface area (TPSA) is 121 Å². The lowest BCUT2D eigenvalue weighted by molar-refractivity contribution is -0.216. The Hall–Kier alpha value is -0.240. The van der Waals surface area contributed by atoms with Crippen LogP contribution >= 0.6 is 0 Å². The lowest BCUT2D eigenvalue weighted by atomic mass is 9.58. The molecule has 150 valence electrons. The zero-order valence-electron chi connectivity index (χ0n) is 16.2. The molecule has 6 nitrogen and oxygen atoms in total. The molecule has 4 aliphatic carbocycles. The van der Waals surface area contributed by atoms with Crippen LogP contribution in [0, 0.1) is 28.6 Å². The summed E-state index contributed by atoms with van der Waals surface area (Å²) in [5.41, 5.74) is -6.05. The maximum absolute atomic E-state index is 11.7. The zero-order chi connectivity index (χ0) is 19.5. The second kappa shape index (κ2) is 5.02. The van der Waals surface area contributed by atoms with E-state index < -0.39 is 51.9 Å². The molecule has 0 aromatic rings. The van der Waals surface area contributed by atoms with Gasteiger partial charge in [0.15, 0.2) is 0 Å². The highest BCUT2D eigenvalue weighted by atomic mass is 16.4. The minimum absolute atomic E-state index is 0.0163. The fourth-order valence-corrected chi connectivity index (χ4v) is 7.68. The largest absolute Gasteiger partial charge is 0.392 e. The molecule has 0 aromatic carbocycles. The molecule has 0 saturated heterocycles. The average Bonchev–Trinajstić information content (AvgIpc) is 2.85. The van der Waals surface area contributed by atoms with Crippen molar-refractivity contribution < 1.29 is 30.6 Å². The van der Waals surface area contributed by atoms with Crippen LogP contribution in [0.3, 0.4) is 0 Å². The summed E-state index contributed by atoms with van der Waals surface area (Å²) >= 11 is 0. The third-order valence-corrected chi connectivity index (χ3v) is 9.30. The SMILES string of the molecule is CC1(O)CC23CC1CCC2C(C)(O)C1CC(O)C(C)(C)C1(O)C(O)C3O. The minimum Gasteiger partial charge on any atom is -0.392 e. The molecule has 6 N–H and O–H groups in total. The Kier molecular flexibility index (Phi) is 3.69. The molecule has 0 radical (unpaired) electrons. The maximum atomic E-state index is 11.7. The third-order valence-electron chi connectivity index (χ3n) is 9.30. The molecule has 10 atom stereocenters. The lowest BCUT2D eigenvalue weighted by Gasteiger charge is -2.50. The summed E-state index contributed by atoms with van der Waals surface area (Å²) < 4.78 is 0. The van der Waals surface area contributed by atoms with Gasteiger partial charge in [-0.05, 0) is 57.8 Å². The van der Waals surface area contributed by atoms with Crippen LogP contribution in [-0.4, -0.2) is 65.8 Å². The first-order valence-corrected chi connectivity index (χ1v) is 9.94. The number of hydrogen-bond donors (Lipinski definition) is 6. The highest BCUT2D eigenvalue weighted by Crippen LogP contribution is 2.69. The standard InChI is InChI=1S/C20H34O6/c1-16(2)13(21)7-12-18(4,25)11-6-5-10-8-19(11,9-17(10,3)24)14(22)15(23)20(12,16)26/h10-15,21-26H,5-9H2,1-4H3. The van der Waals surface area contributed by atoms with Gasteiger partial charge in [0.1, 0.15) is 11.7 Å². The van der Waals surface area contributed by atoms with Crippen LogP contribution < -0.4 is 0 Å². The number of aliphatic hydroxyl groups is 6. The van der Waals surface area contributed by atoms with Crippen LogP contribution in [0.5, 0.6) is 0 Å². The smallest absolute Gasteiger partial charge is 0.110 e. The first-order valence-electron chi connectivity index (χ1n) is 9.94. The van der Waals surface area contributed by atoms with E-state index in [2.05, 4.69) is 0 Å². The van der Waals surface area contributed by atoms with Crippen LogP contribution in [-0.2, 0) is 0 Å². The van der Waals surface area contributed by atoms with Crippen LogP contribution in [0.15, 0.2) is 0 Å². The predicted molar refractivity (Wildman–Crippen MR) is 94.0 cm³/mol. The molecule has 4 fully saturated rings. The highest BCUT2D eigenvalue weighted by Gasteiger charge is 2.76. The van der Waals surface area contributed by atoms with Crippen molar-refractivity contribution in [1.82, 2.24) is 0 Å². The van der Waals surface area contributed by atoms with Gasteiger partial charge < -0.3 is 30.6 Å². The molecule has 0 heterocycles. The van der Waals surface area contributed by atoms with Crippen molar-refractivity contribution in [1.29, 1.82) is 0 Å². The Morgan fingerprint density at radius 1 is 0.808 bits per heavy atom. The van der Waals surface area contributed by atoms with E-state index >= 15 is 0 Å². The van der Waals surface area contributed by atoms with Crippen molar-refractivity contribution in [3.63, 3.8) is 0 Å². The van der Waals surface area contributed by atoms with E-state index in [1.54, 1.807) is 27.7 Å². The fourth-order valence-electron chi connectivity index (χ4n) is 7.68. The van der Waals surface area contributed by atoms with E-state index in [4.69, 9.17) is 0 Å². The molecule has 4 aliphatic rings. The first-order chi connectivity index (χ1) is 11.7. The monoisotopic (exact) mass is 370 g/mol. The molecule has 6 heteroatoms. The summed E-state index contributed by atoms with van der Waals surface area (Å²) in [6.45, 7) is 6.83. The number of rotatable bonds is 0. The van der Waals surface area contributed by atoms with E-state index in [-0.39, 0.29) is 18.3 Å². The summed E-state index contributed by atoms with van der Waals surface area (Å²) in [6, 6.07) is 0. The molecule has 1 spiro atoms. The van der Waals surface area contributed by atoms with Gasteiger partial charge in [-0.15, -0.1) is 0 Å². The molecule has 4 rings (SSSR count). The normalized spacial score (nSPS) is 63.9. The fraction of sp³-hybridized carbons (Fsp3) is 1.00. The van der Waals surface area contributed by atoms with Crippen molar-refractivity contribution in [2.75, 3.05) is 0 Å². The summed E-state index contributed by atoms with van der Waals surface area (Å²) in [4.78, 5) is 0. The Balaban J connectivity index is 1.91. The average molecular weight is 370 g/mol. The van der Waals surface area contributed by atoms with Crippen molar-refractivity contribution >= 4 is 0 Å². The summed E-state index contributed by atoms with van der Waals surface area (Å²) in [7, 11) is 0. The van der Waals surface area contributed by atoms with Gasteiger partial charge in [0.25, 0.3) is 0 Å². The van der Waals surface area contributed by atoms with Crippen LogP contribution in [0.4, 0.5) is 0 Å². The highest BCUT2D eigenvalue weighted by molar-refractivity contribution is 5.26. The second-order valence-electron chi connectivity index (χ2n) is 10.8. The Morgan fingerprint density at radius 3 is 2.04 bits per heavy atom. The van der Waals surface area contributed by atoms with Gasteiger partial charge in [0.05, 0.1) is 23.4 Å². The third kappa shape index (κ3) is 1.89. The lowest BCUT2D eigenvalue weighted by Crippen LogP contribution is -2.63. The van der Waals surface area contributed by atoms with Crippen LogP contribution in [0.25, 0.3) is 0 Å².